The molecule has 1 amide bonds. The third-order valence-corrected chi connectivity index (χ3v) is 7.63. The Hall–Kier alpha value is -4.28. The first-order chi connectivity index (χ1) is 19.4. The number of para-hydroxylation sites is 1. The number of nitrogens with zero attached hydrogens (tertiary/aromatic N) is 6. The standard InChI is InChI=1S/C29H30F3N7O/c30-29(31,32)23-5-1-2-6-24(23)37-15-17-38(18-16-37)26(40)20-34-28-27(35-25-19-33-11-14-39(25)28)21-7-9-22(10-8-21)36-12-3-4-13-36/h1-2,5-11,14,19,34H,3-4,12-13,15-18,20H2. The summed E-state index contributed by atoms with van der Waals surface area (Å²) >= 11 is 0. The first-order valence-electron chi connectivity index (χ1n) is 13.5. The molecule has 6 rings (SSSR count). The van der Waals surface area contributed by atoms with Gasteiger partial charge in [-0.3, -0.25) is 14.2 Å². The number of benzene rings is 2. The fourth-order valence-corrected chi connectivity index (χ4v) is 5.54. The van der Waals surface area contributed by atoms with Gasteiger partial charge in [0.1, 0.15) is 11.5 Å². The van der Waals surface area contributed by atoms with Crippen LogP contribution in [0.3, 0.4) is 0 Å². The molecule has 0 aliphatic carbocycles. The van der Waals surface area contributed by atoms with E-state index in [1.54, 1.807) is 34.5 Å². The van der Waals surface area contributed by atoms with Gasteiger partial charge in [-0.15, -0.1) is 0 Å². The minimum Gasteiger partial charge on any atom is -0.372 e. The molecule has 2 aromatic carbocycles. The second-order valence-electron chi connectivity index (χ2n) is 10.1. The Morgan fingerprint density at radius 2 is 1.62 bits per heavy atom. The van der Waals surface area contributed by atoms with Crippen LogP contribution in [-0.4, -0.2) is 71.0 Å². The number of piperazine rings is 1. The number of rotatable bonds is 6. The highest BCUT2D eigenvalue weighted by atomic mass is 19.4. The normalized spacial score (nSPS) is 16.1. The van der Waals surface area contributed by atoms with Crippen LogP contribution in [0.1, 0.15) is 18.4 Å². The molecule has 4 heterocycles. The van der Waals surface area contributed by atoms with Gasteiger partial charge >= 0.3 is 6.18 Å². The molecular formula is C29H30F3N7O. The lowest BCUT2D eigenvalue weighted by Crippen LogP contribution is -2.50. The molecule has 0 saturated carbocycles. The van der Waals surface area contributed by atoms with E-state index < -0.39 is 11.7 Å². The fourth-order valence-electron chi connectivity index (χ4n) is 5.54. The van der Waals surface area contributed by atoms with E-state index in [9.17, 15) is 18.0 Å². The average Bonchev–Trinajstić information content (AvgIpc) is 3.64. The van der Waals surface area contributed by atoms with Crippen molar-refractivity contribution in [3.8, 4) is 11.3 Å². The number of anilines is 3. The van der Waals surface area contributed by atoms with Crippen LogP contribution in [0.5, 0.6) is 0 Å². The van der Waals surface area contributed by atoms with Gasteiger partial charge in [0.05, 0.1) is 18.3 Å². The molecule has 0 bridgehead atoms. The zero-order valence-electron chi connectivity index (χ0n) is 21.9. The minimum absolute atomic E-state index is 0.0358. The Kier molecular flexibility index (Phi) is 6.95. The predicted molar refractivity (Wildman–Crippen MR) is 149 cm³/mol. The minimum atomic E-state index is -4.43. The van der Waals surface area contributed by atoms with Crippen LogP contribution in [0, 0.1) is 0 Å². The molecule has 40 heavy (non-hydrogen) atoms. The molecule has 0 radical (unpaired) electrons. The maximum absolute atomic E-state index is 13.5. The van der Waals surface area contributed by atoms with E-state index >= 15 is 0 Å². The Morgan fingerprint density at radius 1 is 0.900 bits per heavy atom. The van der Waals surface area contributed by atoms with Crippen molar-refractivity contribution in [3.63, 3.8) is 0 Å². The van der Waals surface area contributed by atoms with Crippen LogP contribution >= 0.6 is 0 Å². The largest absolute Gasteiger partial charge is 0.418 e. The van der Waals surface area contributed by atoms with Crippen LogP contribution in [-0.2, 0) is 11.0 Å². The number of alkyl halides is 3. The summed E-state index contributed by atoms with van der Waals surface area (Å²) in [4.78, 5) is 27.9. The van der Waals surface area contributed by atoms with Crippen LogP contribution in [0.2, 0.25) is 0 Å². The third kappa shape index (κ3) is 5.15. The van der Waals surface area contributed by atoms with Crippen molar-refractivity contribution in [2.24, 2.45) is 0 Å². The number of imidazole rings is 1. The van der Waals surface area contributed by atoms with Crippen LogP contribution in [0.15, 0.2) is 67.1 Å². The highest BCUT2D eigenvalue weighted by Gasteiger charge is 2.35. The van der Waals surface area contributed by atoms with Gasteiger partial charge in [0, 0.05) is 68.6 Å². The summed E-state index contributed by atoms with van der Waals surface area (Å²) in [5, 5.41) is 3.28. The number of aromatic nitrogens is 3. The topological polar surface area (TPSA) is 69.0 Å². The molecule has 8 nitrogen and oxygen atoms in total. The lowest BCUT2D eigenvalue weighted by molar-refractivity contribution is -0.137. The molecule has 11 heteroatoms. The summed E-state index contributed by atoms with van der Waals surface area (Å²) in [5.74, 6) is 0.570. The third-order valence-electron chi connectivity index (χ3n) is 7.63. The molecule has 208 valence electrons. The molecule has 4 aromatic rings. The van der Waals surface area contributed by atoms with Gasteiger partial charge in [-0.1, -0.05) is 24.3 Å². The van der Waals surface area contributed by atoms with Gasteiger partial charge in [0.2, 0.25) is 5.91 Å². The maximum Gasteiger partial charge on any atom is 0.418 e. The quantitative estimate of drug-likeness (QED) is 0.374. The van der Waals surface area contributed by atoms with Gasteiger partial charge in [0.25, 0.3) is 0 Å². The summed E-state index contributed by atoms with van der Waals surface area (Å²) < 4.78 is 42.3. The Balaban J connectivity index is 1.15. The van der Waals surface area contributed by atoms with Crippen molar-refractivity contribution in [2.45, 2.75) is 19.0 Å². The molecule has 2 aromatic heterocycles. The smallest absolute Gasteiger partial charge is 0.372 e. The molecule has 2 saturated heterocycles. The van der Waals surface area contributed by atoms with E-state index in [0.717, 1.165) is 30.4 Å². The second kappa shape index (κ2) is 10.7. The van der Waals surface area contributed by atoms with E-state index in [0.29, 0.717) is 37.6 Å². The number of carbonyl (C=O) groups excluding carboxylic acids is 1. The van der Waals surface area contributed by atoms with Crippen molar-refractivity contribution in [3.05, 3.63) is 72.7 Å². The number of hydrogen-bond donors (Lipinski definition) is 1. The average molecular weight is 550 g/mol. The zero-order chi connectivity index (χ0) is 27.7. The van der Waals surface area contributed by atoms with Gasteiger partial charge < -0.3 is 20.0 Å². The van der Waals surface area contributed by atoms with Crippen LogP contribution < -0.4 is 15.1 Å². The Labute approximate surface area is 230 Å². The number of nitrogens with one attached hydrogen (secondary N) is 1. The van der Waals surface area contributed by atoms with E-state index in [-0.39, 0.29) is 18.1 Å². The fraction of sp³-hybridized carbons (Fsp3) is 0.345. The summed E-state index contributed by atoms with van der Waals surface area (Å²) in [6.07, 6.45) is 3.13. The van der Waals surface area contributed by atoms with Gasteiger partial charge in [-0.25, -0.2) is 4.98 Å². The molecular weight excluding hydrogens is 519 g/mol. The zero-order valence-corrected chi connectivity index (χ0v) is 21.9. The lowest BCUT2D eigenvalue weighted by atomic mass is 10.1. The predicted octanol–water partition coefficient (Wildman–Crippen LogP) is 4.78. The number of carbonyl (C=O) groups is 1. The number of amides is 1. The number of halogens is 3. The summed E-state index contributed by atoms with van der Waals surface area (Å²) in [6, 6.07) is 13.9. The first-order valence-corrected chi connectivity index (χ1v) is 13.5. The van der Waals surface area contributed by atoms with E-state index in [1.165, 1.54) is 30.7 Å². The highest BCUT2D eigenvalue weighted by molar-refractivity contribution is 5.84. The molecule has 2 aliphatic heterocycles. The first kappa shape index (κ1) is 26.0. The Morgan fingerprint density at radius 3 is 2.35 bits per heavy atom. The molecule has 0 unspecified atom stereocenters. The second-order valence-corrected chi connectivity index (χ2v) is 10.1. The van der Waals surface area contributed by atoms with Gasteiger partial charge in [-0.2, -0.15) is 13.2 Å². The lowest BCUT2D eigenvalue weighted by Gasteiger charge is -2.37. The molecule has 0 atom stereocenters. The molecule has 2 fully saturated rings. The van der Waals surface area contributed by atoms with E-state index in [2.05, 4.69) is 27.3 Å². The highest BCUT2D eigenvalue weighted by Crippen LogP contribution is 2.37. The van der Waals surface area contributed by atoms with Crippen LogP contribution in [0.25, 0.3) is 16.9 Å². The maximum atomic E-state index is 13.5. The van der Waals surface area contributed by atoms with Crippen molar-refractivity contribution >= 4 is 28.7 Å². The van der Waals surface area contributed by atoms with Crippen molar-refractivity contribution in [1.82, 2.24) is 19.3 Å². The number of hydrogen-bond acceptors (Lipinski definition) is 6. The SMILES string of the molecule is O=C(CNc1c(-c2ccc(N3CCCC3)cc2)nc2cnccn12)N1CCN(c2ccccc2C(F)(F)F)CC1. The van der Waals surface area contributed by atoms with Gasteiger partial charge in [0.15, 0.2) is 5.65 Å². The van der Waals surface area contributed by atoms with Crippen molar-refractivity contribution in [2.75, 3.05) is 60.9 Å². The molecule has 0 spiro atoms. The van der Waals surface area contributed by atoms with Gasteiger partial charge in [-0.05, 0) is 37.1 Å². The monoisotopic (exact) mass is 549 g/mol. The molecule has 2 aliphatic rings. The summed E-state index contributed by atoms with van der Waals surface area (Å²) in [5.41, 5.74) is 3.00. The van der Waals surface area contributed by atoms with Crippen molar-refractivity contribution in [1.29, 1.82) is 0 Å². The summed E-state index contributed by atoms with van der Waals surface area (Å²) in [6.45, 7) is 3.51. The summed E-state index contributed by atoms with van der Waals surface area (Å²) in [7, 11) is 0. The Bertz CT molecular complexity index is 1490. The van der Waals surface area contributed by atoms with Crippen molar-refractivity contribution < 1.29 is 18.0 Å². The number of fused-ring (bicyclic) bond motifs is 1. The van der Waals surface area contributed by atoms with E-state index in [4.69, 9.17) is 4.98 Å². The molecule has 1 N–H and O–H groups in total. The van der Waals surface area contributed by atoms with E-state index in [1.807, 2.05) is 16.5 Å². The van der Waals surface area contributed by atoms with Crippen LogP contribution in [0.4, 0.5) is 30.4 Å².